The van der Waals surface area contributed by atoms with Crippen molar-refractivity contribution in [1.82, 2.24) is 9.97 Å². The van der Waals surface area contributed by atoms with Crippen LogP contribution in [-0.2, 0) is 0 Å². The quantitative estimate of drug-likeness (QED) is 0.781. The Kier molecular flexibility index (Phi) is 4.01. The van der Waals surface area contributed by atoms with Gasteiger partial charge >= 0.3 is 6.08 Å². The van der Waals surface area contributed by atoms with Gasteiger partial charge in [-0.2, -0.15) is 8.78 Å². The number of thiazole rings is 1. The van der Waals surface area contributed by atoms with Gasteiger partial charge in [-0.3, -0.25) is 0 Å². The lowest BCUT2D eigenvalue weighted by atomic mass is 10.4. The maximum absolute atomic E-state index is 12.5. The second-order valence-corrected chi connectivity index (χ2v) is 5.44. The van der Waals surface area contributed by atoms with E-state index in [0.717, 1.165) is 4.70 Å². The fourth-order valence-corrected chi connectivity index (χ4v) is 3.15. The summed E-state index contributed by atoms with van der Waals surface area (Å²) in [5.41, 5.74) is 0.632. The minimum atomic E-state index is -2.24. The third-order valence-corrected chi connectivity index (χ3v) is 4.05. The van der Waals surface area contributed by atoms with E-state index in [2.05, 4.69) is 9.97 Å². The molecule has 0 unspecified atom stereocenters. The maximum atomic E-state index is 12.5. The van der Waals surface area contributed by atoms with Crippen LogP contribution in [0.15, 0.2) is 34.6 Å². The molecule has 17 heavy (non-hydrogen) atoms. The van der Waals surface area contributed by atoms with Crippen LogP contribution in [0.2, 0.25) is 0 Å². The van der Waals surface area contributed by atoms with Gasteiger partial charge in [-0.1, -0.05) is 11.8 Å². The zero-order valence-electron chi connectivity index (χ0n) is 8.49. The van der Waals surface area contributed by atoms with Crippen molar-refractivity contribution in [3.8, 4) is 0 Å². The van der Waals surface area contributed by atoms with Gasteiger partial charge in [0.15, 0.2) is 15.8 Å². The van der Waals surface area contributed by atoms with Gasteiger partial charge in [0.05, 0.1) is 4.70 Å². The number of pyridine rings is 1. The zero-order valence-corrected chi connectivity index (χ0v) is 10.1. The Hall–Kier alpha value is -1.08. The topological polar surface area (TPSA) is 25.8 Å². The van der Waals surface area contributed by atoms with Crippen molar-refractivity contribution in [2.75, 3.05) is 5.75 Å². The van der Waals surface area contributed by atoms with E-state index in [4.69, 9.17) is 0 Å². The van der Waals surface area contributed by atoms with Crippen LogP contribution in [0.4, 0.5) is 13.2 Å². The van der Waals surface area contributed by atoms with E-state index >= 15 is 0 Å². The molecule has 0 fully saturated rings. The molecular weight excluding hydrogens is 269 g/mol. The van der Waals surface area contributed by atoms with Crippen LogP contribution in [0.5, 0.6) is 0 Å². The fourth-order valence-electron chi connectivity index (χ4n) is 1.13. The van der Waals surface area contributed by atoms with E-state index in [0.29, 0.717) is 9.99 Å². The molecule has 0 saturated carbocycles. The smallest absolute Gasteiger partial charge is 0.236 e. The molecule has 0 bridgehead atoms. The Labute approximate surface area is 104 Å². The zero-order chi connectivity index (χ0) is 12.3. The Morgan fingerprint density at radius 1 is 1.35 bits per heavy atom. The average Bonchev–Trinajstić information content (AvgIpc) is 2.71. The molecule has 0 saturated heterocycles. The van der Waals surface area contributed by atoms with E-state index in [1.165, 1.54) is 23.1 Å². The Bertz CT molecular complexity index is 516. The summed E-state index contributed by atoms with van der Waals surface area (Å²) in [4.78, 5) is 8.25. The highest BCUT2D eigenvalue weighted by molar-refractivity contribution is 8.01. The van der Waals surface area contributed by atoms with Crippen molar-refractivity contribution in [2.24, 2.45) is 0 Å². The molecule has 2 heterocycles. The van der Waals surface area contributed by atoms with Gasteiger partial charge in [-0.15, -0.1) is 11.3 Å². The van der Waals surface area contributed by atoms with E-state index in [9.17, 15) is 13.2 Å². The SMILES string of the molecule is FC(F)=C(F)CCSc1nc2ncccc2s1. The Balaban J connectivity index is 1.98. The van der Waals surface area contributed by atoms with Crippen molar-refractivity contribution in [3.63, 3.8) is 0 Å². The molecule has 0 atom stereocenters. The number of nitrogens with zero attached hydrogens (tertiary/aromatic N) is 2. The van der Waals surface area contributed by atoms with Crippen molar-refractivity contribution in [1.29, 1.82) is 0 Å². The minimum Gasteiger partial charge on any atom is -0.236 e. The highest BCUT2D eigenvalue weighted by atomic mass is 32.2. The molecule has 0 aliphatic heterocycles. The normalized spacial score (nSPS) is 10.8. The van der Waals surface area contributed by atoms with Crippen LogP contribution in [-0.4, -0.2) is 15.7 Å². The number of halogens is 3. The summed E-state index contributed by atoms with van der Waals surface area (Å²) >= 11 is 2.67. The van der Waals surface area contributed by atoms with E-state index in [1.807, 2.05) is 6.07 Å². The van der Waals surface area contributed by atoms with E-state index < -0.39 is 11.9 Å². The number of rotatable bonds is 4. The van der Waals surface area contributed by atoms with Crippen LogP contribution >= 0.6 is 23.1 Å². The summed E-state index contributed by atoms with van der Waals surface area (Å²) in [5, 5.41) is 0. The number of hydrogen-bond donors (Lipinski definition) is 0. The minimum absolute atomic E-state index is 0.239. The Morgan fingerprint density at radius 2 is 2.18 bits per heavy atom. The molecule has 0 radical (unpaired) electrons. The summed E-state index contributed by atoms with van der Waals surface area (Å²) in [6.07, 6.45) is -0.884. The largest absolute Gasteiger partial charge is 0.301 e. The van der Waals surface area contributed by atoms with E-state index in [1.54, 1.807) is 12.3 Å². The Morgan fingerprint density at radius 3 is 2.88 bits per heavy atom. The van der Waals surface area contributed by atoms with Gasteiger partial charge in [0, 0.05) is 18.4 Å². The second kappa shape index (κ2) is 5.50. The van der Waals surface area contributed by atoms with Crippen LogP contribution in [0.25, 0.3) is 10.3 Å². The molecule has 0 aromatic carbocycles. The second-order valence-electron chi connectivity index (χ2n) is 3.07. The van der Waals surface area contributed by atoms with Crippen molar-refractivity contribution in [2.45, 2.75) is 10.8 Å². The highest BCUT2D eigenvalue weighted by Gasteiger charge is 2.08. The maximum Gasteiger partial charge on any atom is 0.301 e. The number of aromatic nitrogens is 2. The predicted molar refractivity (Wildman–Crippen MR) is 63.1 cm³/mol. The first-order valence-corrected chi connectivity index (χ1v) is 6.51. The van der Waals surface area contributed by atoms with Gasteiger partial charge in [0.2, 0.25) is 0 Å². The molecular formula is C10H7F3N2S2. The predicted octanol–water partition coefficient (Wildman–Crippen LogP) is 4.25. The lowest BCUT2D eigenvalue weighted by molar-refractivity contribution is 0.373. The summed E-state index contributed by atoms with van der Waals surface area (Å²) < 4.78 is 37.8. The van der Waals surface area contributed by atoms with Crippen LogP contribution in [0, 0.1) is 0 Å². The lowest BCUT2D eigenvalue weighted by Crippen LogP contribution is -1.82. The lowest BCUT2D eigenvalue weighted by Gasteiger charge is -1.94. The molecule has 0 aliphatic carbocycles. The molecule has 2 aromatic rings. The van der Waals surface area contributed by atoms with E-state index in [-0.39, 0.29) is 12.2 Å². The molecule has 2 rings (SSSR count). The first-order valence-electron chi connectivity index (χ1n) is 4.71. The first kappa shape index (κ1) is 12.4. The molecule has 2 aromatic heterocycles. The molecule has 0 aliphatic rings. The molecule has 0 amide bonds. The van der Waals surface area contributed by atoms with Crippen molar-refractivity contribution < 1.29 is 13.2 Å². The van der Waals surface area contributed by atoms with Gasteiger partial charge in [-0.25, -0.2) is 14.4 Å². The van der Waals surface area contributed by atoms with Crippen LogP contribution < -0.4 is 0 Å². The average molecular weight is 276 g/mol. The summed E-state index contributed by atoms with van der Waals surface area (Å²) in [6, 6.07) is 3.68. The van der Waals surface area contributed by atoms with Crippen molar-refractivity contribution >= 4 is 33.4 Å². The third-order valence-electron chi connectivity index (χ3n) is 1.90. The van der Waals surface area contributed by atoms with Gasteiger partial charge in [0.1, 0.15) is 0 Å². The summed E-state index contributed by atoms with van der Waals surface area (Å²) in [7, 11) is 0. The molecule has 7 heteroatoms. The van der Waals surface area contributed by atoms with Crippen LogP contribution in [0.1, 0.15) is 6.42 Å². The molecule has 2 nitrogen and oxygen atoms in total. The number of fused-ring (bicyclic) bond motifs is 1. The van der Waals surface area contributed by atoms with Gasteiger partial charge in [-0.05, 0) is 12.1 Å². The number of hydrogen-bond acceptors (Lipinski definition) is 4. The van der Waals surface area contributed by atoms with Gasteiger partial charge in [0.25, 0.3) is 0 Å². The van der Waals surface area contributed by atoms with Gasteiger partial charge < -0.3 is 0 Å². The number of allylic oxidation sites excluding steroid dienone is 1. The monoisotopic (exact) mass is 276 g/mol. The molecule has 0 N–H and O–H groups in total. The molecule has 90 valence electrons. The summed E-state index contributed by atoms with van der Waals surface area (Å²) in [5.74, 6) is -1.11. The van der Waals surface area contributed by atoms with Crippen LogP contribution in [0.3, 0.4) is 0 Å². The number of thioether (sulfide) groups is 1. The first-order chi connectivity index (χ1) is 8.16. The molecule has 0 spiro atoms. The van der Waals surface area contributed by atoms with Crippen molar-refractivity contribution in [3.05, 3.63) is 30.2 Å². The standard InChI is InChI=1S/C10H7F3N2S2/c11-6(8(12)13)3-5-16-10-15-9-7(17-10)2-1-4-14-9/h1-2,4H,3,5H2. The third kappa shape index (κ3) is 3.19. The summed E-state index contributed by atoms with van der Waals surface area (Å²) in [6.45, 7) is 0. The fraction of sp³-hybridized carbons (Fsp3) is 0.200. The highest BCUT2D eigenvalue weighted by Crippen LogP contribution is 2.29.